The summed E-state index contributed by atoms with van der Waals surface area (Å²) >= 11 is 0. The van der Waals surface area contributed by atoms with E-state index >= 15 is 0 Å². The predicted octanol–water partition coefficient (Wildman–Crippen LogP) is 5.64. The first kappa shape index (κ1) is 17.9. The topological polar surface area (TPSA) is 26.3 Å². The van der Waals surface area contributed by atoms with Gasteiger partial charge in [-0.1, -0.05) is 58.6 Å². The van der Waals surface area contributed by atoms with Crippen LogP contribution < -0.4 is 5.30 Å². The van der Waals surface area contributed by atoms with Crippen LogP contribution in [0.15, 0.2) is 24.3 Å². The summed E-state index contributed by atoms with van der Waals surface area (Å²) in [5.74, 6) is -0.191. The fourth-order valence-electron chi connectivity index (χ4n) is 4.42. The van der Waals surface area contributed by atoms with Crippen LogP contribution in [0.25, 0.3) is 0 Å². The van der Waals surface area contributed by atoms with E-state index in [1.54, 1.807) is 0 Å². The lowest BCUT2D eigenvalue weighted by Crippen LogP contribution is -2.26. The van der Waals surface area contributed by atoms with E-state index in [2.05, 4.69) is 12.1 Å². The van der Waals surface area contributed by atoms with Gasteiger partial charge in [0.2, 0.25) is 0 Å². The van der Waals surface area contributed by atoms with E-state index in [1.165, 1.54) is 69.5 Å². The summed E-state index contributed by atoms with van der Waals surface area (Å²) in [4.78, 5) is 11.9. The van der Waals surface area contributed by atoms with Gasteiger partial charge in [0.25, 0.3) is 0 Å². The molecular weight excluding hydrogens is 315 g/mol. The Hall–Kier alpha value is -0.880. The molecule has 2 nitrogen and oxygen atoms in total. The molecule has 0 bridgehead atoms. The molecule has 2 saturated carbocycles. The summed E-state index contributed by atoms with van der Waals surface area (Å²) in [5, 5.41) is 1.52. The van der Waals surface area contributed by atoms with Crippen molar-refractivity contribution in [2.24, 2.45) is 0 Å². The van der Waals surface area contributed by atoms with Crippen LogP contribution in [-0.2, 0) is 4.74 Å². The van der Waals surface area contributed by atoms with Crippen molar-refractivity contribution in [3.05, 3.63) is 29.8 Å². The Kier molecular flexibility index (Phi) is 6.72. The molecule has 2 fully saturated rings. The van der Waals surface area contributed by atoms with Gasteiger partial charge in [-0.25, -0.2) is 4.79 Å². The Labute approximate surface area is 148 Å². The Balaban J connectivity index is 1.79. The van der Waals surface area contributed by atoms with Crippen LogP contribution in [0.4, 0.5) is 0 Å². The first-order valence-electron chi connectivity index (χ1n) is 9.85. The lowest BCUT2D eigenvalue weighted by Gasteiger charge is -2.38. The summed E-state index contributed by atoms with van der Waals surface area (Å²) in [5.41, 5.74) is 2.51. The maximum absolute atomic E-state index is 11.9. The third-order valence-electron chi connectivity index (χ3n) is 5.61. The van der Waals surface area contributed by atoms with Gasteiger partial charge in [0.1, 0.15) is 0 Å². The molecule has 1 aromatic rings. The summed E-state index contributed by atoms with van der Waals surface area (Å²) in [7, 11) is -0.0838. The van der Waals surface area contributed by atoms with Crippen molar-refractivity contribution in [1.82, 2.24) is 0 Å². The number of esters is 1. The second-order valence-electron chi connectivity index (χ2n) is 7.26. The molecule has 1 aromatic carbocycles. The number of benzene rings is 1. The van der Waals surface area contributed by atoms with Crippen molar-refractivity contribution in [3.63, 3.8) is 0 Å². The Morgan fingerprint density at radius 1 is 0.917 bits per heavy atom. The molecular formula is C21H31O2P. The van der Waals surface area contributed by atoms with Crippen LogP contribution in [0.1, 0.15) is 81.5 Å². The standard InChI is InChI=1S/C21H31O2P/c1-2-23-21(22)17-13-15-20(16-14-17)24(18-9-5-3-6-10-18)19-11-7-4-8-12-19/h13-16,18-19H,2-12H2,1H3. The van der Waals surface area contributed by atoms with Crippen LogP contribution in [0.2, 0.25) is 0 Å². The molecule has 0 radical (unpaired) electrons. The highest BCUT2D eigenvalue weighted by Gasteiger charge is 2.32. The molecule has 3 rings (SSSR count). The first-order valence-corrected chi connectivity index (χ1v) is 11.3. The zero-order chi connectivity index (χ0) is 16.8. The molecule has 2 aliphatic rings. The van der Waals surface area contributed by atoms with Crippen LogP contribution in [0, 0.1) is 0 Å². The molecule has 3 heteroatoms. The summed E-state index contributed by atoms with van der Waals surface area (Å²) < 4.78 is 5.13. The largest absolute Gasteiger partial charge is 0.462 e. The van der Waals surface area contributed by atoms with Gasteiger partial charge in [0.05, 0.1) is 12.2 Å². The molecule has 0 amide bonds. The zero-order valence-corrected chi connectivity index (χ0v) is 15.9. The maximum atomic E-state index is 11.9. The van der Waals surface area contributed by atoms with Crippen molar-refractivity contribution in [2.45, 2.75) is 82.4 Å². The molecule has 0 heterocycles. The Morgan fingerprint density at radius 2 is 1.42 bits per heavy atom. The van der Waals surface area contributed by atoms with Gasteiger partial charge in [-0.3, -0.25) is 0 Å². The molecule has 132 valence electrons. The second kappa shape index (κ2) is 8.99. The molecule has 0 saturated heterocycles. The maximum Gasteiger partial charge on any atom is 0.338 e. The van der Waals surface area contributed by atoms with E-state index in [0.29, 0.717) is 12.2 Å². The van der Waals surface area contributed by atoms with Crippen LogP contribution >= 0.6 is 7.92 Å². The average Bonchev–Trinajstić information content (AvgIpc) is 2.64. The summed E-state index contributed by atoms with van der Waals surface area (Å²) in [6.07, 6.45) is 14.2. The zero-order valence-electron chi connectivity index (χ0n) is 15.0. The molecule has 0 spiro atoms. The van der Waals surface area contributed by atoms with E-state index < -0.39 is 0 Å². The van der Waals surface area contributed by atoms with Crippen molar-refractivity contribution in [2.75, 3.05) is 6.61 Å². The van der Waals surface area contributed by atoms with Crippen LogP contribution in [-0.4, -0.2) is 23.9 Å². The molecule has 2 aliphatic carbocycles. The molecule has 0 N–H and O–H groups in total. The van der Waals surface area contributed by atoms with Gasteiger partial charge in [-0.2, -0.15) is 0 Å². The number of ether oxygens (including phenoxy) is 1. The lowest BCUT2D eigenvalue weighted by atomic mass is 9.99. The fraction of sp³-hybridized carbons (Fsp3) is 0.667. The minimum Gasteiger partial charge on any atom is -0.462 e. The minimum atomic E-state index is -0.191. The molecule has 24 heavy (non-hydrogen) atoms. The van der Waals surface area contributed by atoms with Crippen LogP contribution in [0.5, 0.6) is 0 Å². The normalized spacial score (nSPS) is 20.2. The Bertz CT molecular complexity index is 495. The number of hydrogen-bond acceptors (Lipinski definition) is 2. The summed E-state index contributed by atoms with van der Waals surface area (Å²) in [6, 6.07) is 8.46. The smallest absolute Gasteiger partial charge is 0.338 e. The van der Waals surface area contributed by atoms with Crippen molar-refractivity contribution in [1.29, 1.82) is 0 Å². The van der Waals surface area contributed by atoms with E-state index in [-0.39, 0.29) is 13.9 Å². The van der Waals surface area contributed by atoms with Crippen molar-refractivity contribution < 1.29 is 9.53 Å². The molecule has 0 unspecified atom stereocenters. The highest BCUT2D eigenvalue weighted by atomic mass is 31.1. The third kappa shape index (κ3) is 4.39. The quantitative estimate of drug-likeness (QED) is 0.510. The van der Waals surface area contributed by atoms with E-state index in [0.717, 1.165) is 11.3 Å². The van der Waals surface area contributed by atoms with Gasteiger partial charge in [-0.15, -0.1) is 0 Å². The second-order valence-corrected chi connectivity index (χ2v) is 10.0. The lowest BCUT2D eigenvalue weighted by molar-refractivity contribution is 0.0526. The highest BCUT2D eigenvalue weighted by Crippen LogP contribution is 2.54. The average molecular weight is 346 g/mol. The van der Waals surface area contributed by atoms with Gasteiger partial charge < -0.3 is 4.74 Å². The molecule has 0 aromatic heterocycles. The van der Waals surface area contributed by atoms with E-state index in [1.807, 2.05) is 19.1 Å². The van der Waals surface area contributed by atoms with Crippen LogP contribution in [0.3, 0.4) is 0 Å². The third-order valence-corrected chi connectivity index (χ3v) is 9.11. The highest BCUT2D eigenvalue weighted by molar-refractivity contribution is 7.67. The number of carbonyl (C=O) groups excluding carboxylic acids is 1. The van der Waals surface area contributed by atoms with Crippen molar-refractivity contribution >= 4 is 19.2 Å². The predicted molar refractivity (Wildman–Crippen MR) is 103 cm³/mol. The summed E-state index contributed by atoms with van der Waals surface area (Å²) in [6.45, 7) is 2.30. The number of carbonyl (C=O) groups is 1. The van der Waals surface area contributed by atoms with E-state index in [9.17, 15) is 4.79 Å². The Morgan fingerprint density at radius 3 is 1.88 bits per heavy atom. The fourth-order valence-corrected chi connectivity index (χ4v) is 8.20. The first-order chi connectivity index (χ1) is 11.8. The monoisotopic (exact) mass is 346 g/mol. The van der Waals surface area contributed by atoms with Gasteiger partial charge in [0, 0.05) is 0 Å². The van der Waals surface area contributed by atoms with Gasteiger partial charge >= 0.3 is 5.97 Å². The number of hydrogen-bond donors (Lipinski definition) is 0. The molecule has 0 atom stereocenters. The van der Waals surface area contributed by atoms with Gasteiger partial charge in [-0.05, 0) is 61.4 Å². The SMILES string of the molecule is CCOC(=O)c1ccc(P(C2CCCCC2)C2CCCCC2)cc1. The van der Waals surface area contributed by atoms with E-state index in [4.69, 9.17) is 4.74 Å². The van der Waals surface area contributed by atoms with Crippen molar-refractivity contribution in [3.8, 4) is 0 Å². The minimum absolute atomic E-state index is 0.0838. The molecule has 0 aliphatic heterocycles. The van der Waals surface area contributed by atoms with Gasteiger partial charge in [0.15, 0.2) is 0 Å². The number of rotatable bonds is 5.